The zero-order chi connectivity index (χ0) is 17.9. The van der Waals surface area contributed by atoms with Crippen LogP contribution >= 0.6 is 0 Å². The molecular weight excluding hydrogens is 332 g/mol. The van der Waals surface area contributed by atoms with E-state index in [2.05, 4.69) is 10.4 Å². The third kappa shape index (κ3) is 3.11. The van der Waals surface area contributed by atoms with Gasteiger partial charge in [-0.1, -0.05) is 6.07 Å². The first-order valence-corrected chi connectivity index (χ1v) is 8.46. The SMILES string of the molecule is O=C(Nc1cccc(-n2cccn2)c1)[C@@H]1CCCN1C(=O)c1ccoc1. The van der Waals surface area contributed by atoms with E-state index in [4.69, 9.17) is 4.42 Å². The van der Waals surface area contributed by atoms with Gasteiger partial charge in [0, 0.05) is 24.6 Å². The minimum absolute atomic E-state index is 0.179. The number of hydrogen-bond acceptors (Lipinski definition) is 4. The van der Waals surface area contributed by atoms with Gasteiger partial charge in [0.2, 0.25) is 5.91 Å². The Bertz CT molecular complexity index is 903. The van der Waals surface area contributed by atoms with Gasteiger partial charge in [0.15, 0.2) is 0 Å². The molecular formula is C19H18N4O3. The number of carbonyl (C=O) groups is 2. The van der Waals surface area contributed by atoms with E-state index in [1.54, 1.807) is 21.8 Å². The summed E-state index contributed by atoms with van der Waals surface area (Å²) in [4.78, 5) is 26.9. The van der Waals surface area contributed by atoms with Crippen molar-refractivity contribution < 1.29 is 14.0 Å². The fraction of sp³-hybridized carbons (Fsp3) is 0.211. The van der Waals surface area contributed by atoms with Crippen molar-refractivity contribution in [3.8, 4) is 5.69 Å². The smallest absolute Gasteiger partial charge is 0.257 e. The van der Waals surface area contributed by atoms with Crippen LogP contribution in [0.3, 0.4) is 0 Å². The Morgan fingerprint density at radius 2 is 2.15 bits per heavy atom. The molecule has 7 nitrogen and oxygen atoms in total. The van der Waals surface area contributed by atoms with Gasteiger partial charge in [-0.2, -0.15) is 5.10 Å². The average molecular weight is 350 g/mol. The third-order valence-corrected chi connectivity index (χ3v) is 4.47. The molecule has 2 aromatic heterocycles. The molecule has 0 unspecified atom stereocenters. The number of anilines is 1. The lowest BCUT2D eigenvalue weighted by molar-refractivity contribution is -0.119. The van der Waals surface area contributed by atoms with Crippen LogP contribution in [0.15, 0.2) is 65.7 Å². The van der Waals surface area contributed by atoms with Gasteiger partial charge in [-0.25, -0.2) is 4.68 Å². The molecule has 1 aliphatic heterocycles. The summed E-state index contributed by atoms with van der Waals surface area (Å²) in [7, 11) is 0. The molecule has 0 saturated carbocycles. The van der Waals surface area contributed by atoms with Crippen molar-refractivity contribution in [2.75, 3.05) is 11.9 Å². The zero-order valence-corrected chi connectivity index (χ0v) is 14.0. The van der Waals surface area contributed by atoms with Gasteiger partial charge in [0.25, 0.3) is 5.91 Å². The maximum absolute atomic E-state index is 12.7. The summed E-state index contributed by atoms with van der Waals surface area (Å²) >= 11 is 0. The molecule has 0 aliphatic carbocycles. The van der Waals surface area contributed by atoms with Crippen LogP contribution in [0.25, 0.3) is 5.69 Å². The summed E-state index contributed by atoms with van der Waals surface area (Å²) in [6.07, 6.45) is 7.85. The molecule has 1 saturated heterocycles. The molecule has 3 aromatic rings. The highest BCUT2D eigenvalue weighted by atomic mass is 16.3. The van der Waals surface area contributed by atoms with Crippen LogP contribution in [0, 0.1) is 0 Å². The number of rotatable bonds is 4. The van der Waals surface area contributed by atoms with Gasteiger partial charge in [-0.15, -0.1) is 0 Å². The standard InChI is InChI=1S/C19H18N4O3/c24-18(17-6-2-9-22(17)19(25)14-7-11-26-13-14)21-15-4-1-5-16(12-15)23-10-3-8-20-23/h1,3-5,7-8,10-13,17H,2,6,9H2,(H,21,24)/t17-/m0/s1. The first-order chi connectivity index (χ1) is 12.7. The Kier molecular flexibility index (Phi) is 4.27. The number of likely N-dealkylation sites (tertiary alicyclic amines) is 1. The van der Waals surface area contributed by atoms with Crippen molar-refractivity contribution >= 4 is 17.5 Å². The molecule has 7 heteroatoms. The summed E-state index contributed by atoms with van der Waals surface area (Å²) in [6, 6.07) is 10.4. The van der Waals surface area contributed by atoms with Crippen molar-refractivity contribution in [2.24, 2.45) is 0 Å². The third-order valence-electron chi connectivity index (χ3n) is 4.47. The van der Waals surface area contributed by atoms with E-state index in [1.807, 2.05) is 36.5 Å². The lowest BCUT2D eigenvalue weighted by atomic mass is 10.2. The first kappa shape index (κ1) is 16.1. The maximum Gasteiger partial charge on any atom is 0.257 e. The van der Waals surface area contributed by atoms with Crippen LogP contribution in [-0.4, -0.2) is 39.1 Å². The fourth-order valence-electron chi connectivity index (χ4n) is 3.21. The number of benzene rings is 1. The summed E-state index contributed by atoms with van der Waals surface area (Å²) < 4.78 is 6.70. The normalized spacial score (nSPS) is 16.6. The molecule has 4 rings (SSSR count). The molecule has 0 bridgehead atoms. The van der Waals surface area contributed by atoms with Crippen LogP contribution in [-0.2, 0) is 4.79 Å². The monoisotopic (exact) mass is 350 g/mol. The largest absolute Gasteiger partial charge is 0.472 e. The Labute approximate surface area is 150 Å². The fourth-order valence-corrected chi connectivity index (χ4v) is 3.21. The zero-order valence-electron chi connectivity index (χ0n) is 14.0. The van der Waals surface area contributed by atoms with E-state index in [0.717, 1.165) is 12.1 Å². The van der Waals surface area contributed by atoms with Crippen molar-refractivity contribution in [1.29, 1.82) is 0 Å². The lowest BCUT2D eigenvalue weighted by Gasteiger charge is -2.23. The maximum atomic E-state index is 12.7. The molecule has 1 atom stereocenters. The molecule has 2 amide bonds. The topological polar surface area (TPSA) is 80.4 Å². The van der Waals surface area contributed by atoms with Crippen molar-refractivity contribution in [2.45, 2.75) is 18.9 Å². The molecule has 26 heavy (non-hydrogen) atoms. The summed E-state index contributed by atoms with van der Waals surface area (Å²) in [5, 5.41) is 7.11. The van der Waals surface area contributed by atoms with Gasteiger partial charge in [0.1, 0.15) is 12.3 Å². The van der Waals surface area contributed by atoms with E-state index >= 15 is 0 Å². The molecule has 1 aliphatic rings. The van der Waals surface area contributed by atoms with Gasteiger partial charge < -0.3 is 14.6 Å². The number of nitrogens with zero attached hydrogens (tertiary/aromatic N) is 3. The van der Waals surface area contributed by atoms with Crippen molar-refractivity contribution in [3.63, 3.8) is 0 Å². The number of carbonyl (C=O) groups excluding carboxylic acids is 2. The van der Waals surface area contributed by atoms with Crippen LogP contribution in [0.1, 0.15) is 23.2 Å². The minimum Gasteiger partial charge on any atom is -0.472 e. The molecule has 1 N–H and O–H groups in total. The van der Waals surface area contributed by atoms with E-state index in [1.165, 1.54) is 12.5 Å². The van der Waals surface area contributed by atoms with Gasteiger partial charge >= 0.3 is 0 Å². The van der Waals surface area contributed by atoms with Gasteiger partial charge in [-0.05, 0) is 43.2 Å². The van der Waals surface area contributed by atoms with Crippen LogP contribution in [0.4, 0.5) is 5.69 Å². The van der Waals surface area contributed by atoms with Crippen molar-refractivity contribution in [1.82, 2.24) is 14.7 Å². The molecule has 0 radical (unpaired) electrons. The van der Waals surface area contributed by atoms with E-state index in [0.29, 0.717) is 24.2 Å². The number of aromatic nitrogens is 2. The summed E-state index contributed by atoms with van der Waals surface area (Å²) in [6.45, 7) is 0.565. The number of hydrogen-bond donors (Lipinski definition) is 1. The first-order valence-electron chi connectivity index (χ1n) is 8.46. The van der Waals surface area contributed by atoms with Gasteiger partial charge in [0.05, 0.1) is 17.5 Å². The molecule has 132 valence electrons. The molecule has 3 heterocycles. The molecule has 1 aromatic carbocycles. The Balaban J connectivity index is 1.49. The van der Waals surface area contributed by atoms with Crippen LogP contribution in [0.5, 0.6) is 0 Å². The molecule has 1 fully saturated rings. The predicted octanol–water partition coefficient (Wildman–Crippen LogP) is 2.71. The van der Waals surface area contributed by atoms with E-state index < -0.39 is 6.04 Å². The van der Waals surface area contributed by atoms with Crippen LogP contribution in [0.2, 0.25) is 0 Å². The van der Waals surface area contributed by atoms with Gasteiger partial charge in [-0.3, -0.25) is 9.59 Å². The number of amides is 2. The van der Waals surface area contributed by atoms with Crippen LogP contribution < -0.4 is 5.32 Å². The number of nitrogens with one attached hydrogen (secondary N) is 1. The average Bonchev–Trinajstić information content (AvgIpc) is 3.44. The minimum atomic E-state index is -0.481. The summed E-state index contributed by atoms with van der Waals surface area (Å²) in [5.74, 6) is -0.362. The Morgan fingerprint density at radius 3 is 2.92 bits per heavy atom. The quantitative estimate of drug-likeness (QED) is 0.784. The highest BCUT2D eigenvalue weighted by Gasteiger charge is 2.34. The molecule has 0 spiro atoms. The summed E-state index contributed by atoms with van der Waals surface area (Å²) in [5.41, 5.74) is 1.99. The van der Waals surface area contributed by atoms with Crippen molar-refractivity contribution in [3.05, 3.63) is 66.9 Å². The van der Waals surface area contributed by atoms with E-state index in [-0.39, 0.29) is 11.8 Å². The lowest BCUT2D eigenvalue weighted by Crippen LogP contribution is -2.43. The second-order valence-corrected chi connectivity index (χ2v) is 6.16. The highest BCUT2D eigenvalue weighted by Crippen LogP contribution is 2.22. The van der Waals surface area contributed by atoms with E-state index in [9.17, 15) is 9.59 Å². The highest BCUT2D eigenvalue weighted by molar-refractivity contribution is 6.01. The Morgan fingerprint density at radius 1 is 1.23 bits per heavy atom. The number of furan rings is 1. The second-order valence-electron chi connectivity index (χ2n) is 6.16. The second kappa shape index (κ2) is 6.87. The predicted molar refractivity (Wildman–Crippen MR) is 95.0 cm³/mol. The Hall–Kier alpha value is -3.35.